The molecule has 142 valence electrons. The first-order chi connectivity index (χ1) is 12.8. The summed E-state index contributed by atoms with van der Waals surface area (Å²) in [5, 5.41) is 8.12. The third-order valence-corrected chi connectivity index (χ3v) is 5.61. The van der Waals surface area contributed by atoms with Crippen LogP contribution in [0.25, 0.3) is 5.57 Å². The number of hydrogen-bond acceptors (Lipinski definition) is 6. The molecule has 3 atom stereocenters. The van der Waals surface area contributed by atoms with E-state index in [9.17, 15) is 4.79 Å². The van der Waals surface area contributed by atoms with E-state index in [0.717, 1.165) is 50.2 Å². The van der Waals surface area contributed by atoms with Crippen molar-refractivity contribution in [3.8, 4) is 0 Å². The standard InChI is InChI=1S/C19H28N4O3/c1-25-19(24)14-12-15(18(20-13-14)22-9-3-4-10-22)16-7-8-21-23(16)17-6-2-5-11-26-17/h7-8,12,14,17-18,20H,2-6,9-11,13H2,1H3. The van der Waals surface area contributed by atoms with Crippen molar-refractivity contribution in [3.63, 3.8) is 0 Å². The average molecular weight is 360 g/mol. The number of rotatable bonds is 4. The Morgan fingerprint density at radius 3 is 2.88 bits per heavy atom. The fourth-order valence-corrected chi connectivity index (χ4v) is 4.26. The second-order valence-electron chi connectivity index (χ2n) is 7.29. The zero-order chi connectivity index (χ0) is 17.9. The molecule has 1 aromatic rings. The van der Waals surface area contributed by atoms with Crippen LogP contribution < -0.4 is 5.32 Å². The molecular formula is C19H28N4O3. The minimum atomic E-state index is -0.274. The molecule has 0 saturated carbocycles. The van der Waals surface area contributed by atoms with Crippen molar-refractivity contribution in [1.82, 2.24) is 20.0 Å². The number of carbonyl (C=O) groups is 1. The highest BCUT2D eigenvalue weighted by Gasteiger charge is 2.34. The molecule has 0 aliphatic carbocycles. The largest absolute Gasteiger partial charge is 0.469 e. The molecule has 3 aliphatic rings. The van der Waals surface area contributed by atoms with Gasteiger partial charge in [0.15, 0.2) is 6.23 Å². The maximum Gasteiger partial charge on any atom is 0.313 e. The highest BCUT2D eigenvalue weighted by molar-refractivity contribution is 5.80. The van der Waals surface area contributed by atoms with Crippen LogP contribution in [0, 0.1) is 5.92 Å². The Hall–Kier alpha value is -1.70. The Bertz CT molecular complexity index is 659. The quantitative estimate of drug-likeness (QED) is 0.826. The molecule has 3 aliphatic heterocycles. The van der Waals surface area contributed by atoms with Gasteiger partial charge in [0.25, 0.3) is 0 Å². The molecule has 0 spiro atoms. The summed E-state index contributed by atoms with van der Waals surface area (Å²) in [6.45, 7) is 3.53. The summed E-state index contributed by atoms with van der Waals surface area (Å²) in [4.78, 5) is 14.6. The molecule has 7 heteroatoms. The van der Waals surface area contributed by atoms with E-state index in [1.165, 1.54) is 20.0 Å². The monoisotopic (exact) mass is 360 g/mol. The summed E-state index contributed by atoms with van der Waals surface area (Å²) >= 11 is 0. The van der Waals surface area contributed by atoms with Gasteiger partial charge in [-0.3, -0.25) is 15.0 Å². The van der Waals surface area contributed by atoms with Crippen LogP contribution >= 0.6 is 0 Å². The molecule has 4 rings (SSSR count). The van der Waals surface area contributed by atoms with Crippen molar-refractivity contribution < 1.29 is 14.3 Å². The molecule has 0 bridgehead atoms. The van der Waals surface area contributed by atoms with Crippen LogP contribution in [-0.2, 0) is 14.3 Å². The summed E-state index contributed by atoms with van der Waals surface area (Å²) < 4.78 is 12.9. The van der Waals surface area contributed by atoms with E-state index in [0.29, 0.717) is 6.54 Å². The van der Waals surface area contributed by atoms with Crippen LogP contribution in [0.1, 0.15) is 44.0 Å². The molecule has 0 radical (unpaired) electrons. The fourth-order valence-electron chi connectivity index (χ4n) is 4.26. The summed E-state index contributed by atoms with van der Waals surface area (Å²) in [7, 11) is 1.45. The van der Waals surface area contributed by atoms with Gasteiger partial charge in [0.1, 0.15) is 0 Å². The normalized spacial score (nSPS) is 30.2. The molecule has 1 aromatic heterocycles. The summed E-state index contributed by atoms with van der Waals surface area (Å²) in [6, 6.07) is 2.04. The number of nitrogens with zero attached hydrogens (tertiary/aromatic N) is 3. The van der Waals surface area contributed by atoms with Gasteiger partial charge in [0.05, 0.1) is 24.9 Å². The SMILES string of the molecule is COC(=O)C1C=C(c2ccnn2C2CCCCO2)C(N2CCCC2)NC1. The number of hydrogen-bond donors (Lipinski definition) is 1. The lowest BCUT2D eigenvalue weighted by Gasteiger charge is -2.36. The van der Waals surface area contributed by atoms with Crippen molar-refractivity contribution in [1.29, 1.82) is 0 Å². The Balaban J connectivity index is 1.68. The van der Waals surface area contributed by atoms with Gasteiger partial charge < -0.3 is 9.47 Å². The summed E-state index contributed by atoms with van der Waals surface area (Å²) in [6.07, 6.45) is 9.67. The van der Waals surface area contributed by atoms with E-state index >= 15 is 0 Å². The van der Waals surface area contributed by atoms with Gasteiger partial charge in [-0.2, -0.15) is 5.10 Å². The van der Waals surface area contributed by atoms with Gasteiger partial charge in [0.2, 0.25) is 0 Å². The molecule has 7 nitrogen and oxygen atoms in total. The topological polar surface area (TPSA) is 68.6 Å². The first kappa shape index (κ1) is 17.7. The molecule has 4 heterocycles. The highest BCUT2D eigenvalue weighted by Crippen LogP contribution is 2.32. The zero-order valence-electron chi connectivity index (χ0n) is 15.4. The lowest BCUT2D eigenvalue weighted by molar-refractivity contribution is -0.143. The molecule has 3 unspecified atom stereocenters. The number of carbonyl (C=O) groups excluding carboxylic acids is 1. The van der Waals surface area contributed by atoms with Crippen molar-refractivity contribution >= 4 is 11.5 Å². The van der Waals surface area contributed by atoms with Crippen molar-refractivity contribution in [2.75, 3.05) is 33.4 Å². The van der Waals surface area contributed by atoms with Crippen LogP contribution in [0.4, 0.5) is 0 Å². The van der Waals surface area contributed by atoms with Crippen LogP contribution in [0.5, 0.6) is 0 Å². The minimum Gasteiger partial charge on any atom is -0.469 e. The Kier molecular flexibility index (Phi) is 5.38. The van der Waals surface area contributed by atoms with Crippen molar-refractivity contribution in [2.24, 2.45) is 5.92 Å². The van der Waals surface area contributed by atoms with E-state index < -0.39 is 0 Å². The summed E-state index contributed by atoms with van der Waals surface area (Å²) in [5.41, 5.74) is 2.15. The molecular weight excluding hydrogens is 332 g/mol. The van der Waals surface area contributed by atoms with E-state index in [1.807, 2.05) is 16.9 Å². The maximum absolute atomic E-state index is 12.1. The molecule has 0 aromatic carbocycles. The number of likely N-dealkylation sites (tertiary alicyclic amines) is 1. The predicted octanol–water partition coefficient (Wildman–Crippen LogP) is 1.78. The van der Waals surface area contributed by atoms with E-state index in [-0.39, 0.29) is 24.3 Å². The minimum absolute atomic E-state index is 0.0209. The predicted molar refractivity (Wildman–Crippen MR) is 97.1 cm³/mol. The third kappa shape index (κ3) is 3.43. The number of aromatic nitrogens is 2. The Morgan fingerprint density at radius 2 is 2.15 bits per heavy atom. The lowest BCUT2D eigenvalue weighted by Crippen LogP contribution is -2.50. The van der Waals surface area contributed by atoms with E-state index in [2.05, 4.69) is 21.4 Å². The zero-order valence-corrected chi connectivity index (χ0v) is 15.4. The van der Waals surface area contributed by atoms with Gasteiger partial charge in [-0.15, -0.1) is 0 Å². The van der Waals surface area contributed by atoms with E-state index in [4.69, 9.17) is 9.47 Å². The molecule has 2 fully saturated rings. The molecule has 1 N–H and O–H groups in total. The molecule has 2 saturated heterocycles. The third-order valence-electron chi connectivity index (χ3n) is 5.61. The molecule has 26 heavy (non-hydrogen) atoms. The lowest BCUT2D eigenvalue weighted by atomic mass is 9.96. The van der Waals surface area contributed by atoms with Gasteiger partial charge in [0, 0.05) is 24.9 Å². The number of esters is 1. The van der Waals surface area contributed by atoms with Crippen LogP contribution in [0.15, 0.2) is 18.3 Å². The maximum atomic E-state index is 12.1. The Morgan fingerprint density at radius 1 is 1.31 bits per heavy atom. The van der Waals surface area contributed by atoms with Crippen LogP contribution in [0.2, 0.25) is 0 Å². The van der Waals surface area contributed by atoms with Gasteiger partial charge in [-0.05, 0) is 51.3 Å². The molecule has 0 amide bonds. The first-order valence-electron chi connectivity index (χ1n) is 9.70. The Labute approximate surface area is 154 Å². The van der Waals surface area contributed by atoms with Gasteiger partial charge in [-0.1, -0.05) is 6.08 Å². The number of nitrogens with one attached hydrogen (secondary N) is 1. The van der Waals surface area contributed by atoms with Crippen LogP contribution in [-0.4, -0.2) is 60.2 Å². The smallest absolute Gasteiger partial charge is 0.313 e. The fraction of sp³-hybridized carbons (Fsp3) is 0.684. The second-order valence-corrected chi connectivity index (χ2v) is 7.29. The average Bonchev–Trinajstić information content (AvgIpc) is 3.39. The second kappa shape index (κ2) is 7.90. The van der Waals surface area contributed by atoms with Crippen molar-refractivity contribution in [2.45, 2.75) is 44.5 Å². The number of methoxy groups -OCH3 is 1. The van der Waals surface area contributed by atoms with Crippen LogP contribution in [0.3, 0.4) is 0 Å². The van der Waals surface area contributed by atoms with Crippen molar-refractivity contribution in [3.05, 3.63) is 24.0 Å². The first-order valence-corrected chi connectivity index (χ1v) is 9.70. The highest BCUT2D eigenvalue weighted by atomic mass is 16.5. The summed E-state index contributed by atoms with van der Waals surface area (Å²) in [5.74, 6) is -0.473. The van der Waals surface area contributed by atoms with Gasteiger partial charge >= 0.3 is 5.97 Å². The van der Waals surface area contributed by atoms with E-state index in [1.54, 1.807) is 0 Å². The number of ether oxygens (including phenoxy) is 2. The van der Waals surface area contributed by atoms with Gasteiger partial charge in [-0.25, -0.2) is 4.68 Å².